The molecule has 0 amide bonds. The molecule has 112 valence electrons. The van der Waals surface area contributed by atoms with Crippen LogP contribution in [0.1, 0.15) is 31.7 Å². The van der Waals surface area contributed by atoms with Gasteiger partial charge in [-0.3, -0.25) is 0 Å². The average Bonchev–Trinajstić information content (AvgIpc) is 2.46. The predicted octanol–water partition coefficient (Wildman–Crippen LogP) is 5.14. The van der Waals surface area contributed by atoms with Gasteiger partial charge in [-0.05, 0) is 26.3 Å². The summed E-state index contributed by atoms with van der Waals surface area (Å²) in [6.45, 7) is 6.97. The van der Waals surface area contributed by atoms with E-state index in [1.165, 1.54) is 0 Å². The summed E-state index contributed by atoms with van der Waals surface area (Å²) in [5.41, 5.74) is 2.68. The molecule has 0 spiro atoms. The molecule has 2 aromatic rings. The van der Waals surface area contributed by atoms with Crippen LogP contribution in [-0.2, 0) is 6.42 Å². The average molecular weight is 324 g/mol. The fourth-order valence-corrected chi connectivity index (χ4v) is 2.58. The second-order valence-electron chi connectivity index (χ2n) is 4.84. The minimum absolute atomic E-state index is 0.533. The first kappa shape index (κ1) is 16.1. The number of aryl methyl sites for hydroxylation is 1. The molecule has 1 heterocycles. The van der Waals surface area contributed by atoms with Crippen LogP contribution >= 0.6 is 23.2 Å². The maximum absolute atomic E-state index is 6.35. The number of aromatic nitrogens is 2. The van der Waals surface area contributed by atoms with Crippen LogP contribution in [-0.4, -0.2) is 16.5 Å². The first-order chi connectivity index (χ1) is 10.1. The summed E-state index contributed by atoms with van der Waals surface area (Å²) in [6, 6.07) is 5.61. The number of nitrogens with one attached hydrogen (secondary N) is 1. The Morgan fingerprint density at radius 2 is 1.90 bits per heavy atom. The molecular weight excluding hydrogens is 305 g/mol. The van der Waals surface area contributed by atoms with Crippen molar-refractivity contribution in [1.82, 2.24) is 9.97 Å². The Balaban J connectivity index is 2.63. The van der Waals surface area contributed by atoms with Gasteiger partial charge in [0.15, 0.2) is 0 Å². The molecule has 1 aromatic heterocycles. The van der Waals surface area contributed by atoms with Gasteiger partial charge in [-0.15, -0.1) is 0 Å². The SMILES string of the molecule is CCCc1nc(NCC)c(C)c(-c2cccc(Cl)c2Cl)n1. The van der Waals surface area contributed by atoms with Crippen molar-refractivity contribution in [3.8, 4) is 11.3 Å². The molecule has 3 nitrogen and oxygen atoms in total. The fourth-order valence-electron chi connectivity index (χ4n) is 2.19. The van der Waals surface area contributed by atoms with Gasteiger partial charge in [-0.25, -0.2) is 9.97 Å². The third-order valence-electron chi connectivity index (χ3n) is 3.22. The molecule has 0 fully saturated rings. The minimum atomic E-state index is 0.533. The zero-order valence-corrected chi connectivity index (χ0v) is 14.0. The van der Waals surface area contributed by atoms with Crippen LogP contribution in [0.3, 0.4) is 0 Å². The third kappa shape index (κ3) is 3.47. The highest BCUT2D eigenvalue weighted by Crippen LogP contribution is 2.35. The normalized spacial score (nSPS) is 10.7. The summed E-state index contributed by atoms with van der Waals surface area (Å²) in [7, 11) is 0. The Kier molecular flexibility index (Phi) is 5.43. The smallest absolute Gasteiger partial charge is 0.133 e. The van der Waals surface area contributed by atoms with Gasteiger partial charge in [-0.2, -0.15) is 0 Å². The van der Waals surface area contributed by atoms with E-state index in [0.717, 1.165) is 47.8 Å². The van der Waals surface area contributed by atoms with E-state index in [0.29, 0.717) is 10.0 Å². The van der Waals surface area contributed by atoms with Crippen molar-refractivity contribution in [3.63, 3.8) is 0 Å². The molecule has 0 saturated heterocycles. The Bertz CT molecular complexity index is 642. The summed E-state index contributed by atoms with van der Waals surface area (Å²) in [6.07, 6.45) is 1.83. The summed E-state index contributed by atoms with van der Waals surface area (Å²) in [5, 5.41) is 4.36. The summed E-state index contributed by atoms with van der Waals surface area (Å²) in [5.74, 6) is 1.69. The first-order valence-corrected chi connectivity index (χ1v) is 7.89. The second-order valence-corrected chi connectivity index (χ2v) is 5.63. The standard InChI is InChI=1S/C16H19Cl2N3/c1-4-7-13-20-15(10(3)16(21-13)19-5-2)11-8-6-9-12(17)14(11)18/h6,8-9H,4-5,7H2,1-3H3,(H,19,20,21). The Hall–Kier alpha value is -1.32. The fraction of sp³-hybridized carbons (Fsp3) is 0.375. The highest BCUT2D eigenvalue weighted by Gasteiger charge is 2.15. The van der Waals surface area contributed by atoms with Crippen molar-refractivity contribution in [3.05, 3.63) is 39.6 Å². The van der Waals surface area contributed by atoms with Crippen molar-refractivity contribution >= 4 is 29.0 Å². The Morgan fingerprint density at radius 1 is 1.14 bits per heavy atom. The van der Waals surface area contributed by atoms with Crippen LogP contribution < -0.4 is 5.32 Å². The molecule has 1 aromatic carbocycles. The van der Waals surface area contributed by atoms with Crippen molar-refractivity contribution in [2.45, 2.75) is 33.6 Å². The second kappa shape index (κ2) is 7.10. The Labute approximate surface area is 135 Å². The van der Waals surface area contributed by atoms with Gasteiger partial charge in [0.1, 0.15) is 11.6 Å². The van der Waals surface area contributed by atoms with Gasteiger partial charge < -0.3 is 5.32 Å². The molecule has 1 N–H and O–H groups in total. The molecule has 2 rings (SSSR count). The number of halogens is 2. The molecule has 0 saturated carbocycles. The van der Waals surface area contributed by atoms with Crippen LogP contribution in [0.4, 0.5) is 5.82 Å². The monoisotopic (exact) mass is 323 g/mol. The highest BCUT2D eigenvalue weighted by molar-refractivity contribution is 6.43. The van der Waals surface area contributed by atoms with Gasteiger partial charge >= 0.3 is 0 Å². The number of hydrogen-bond donors (Lipinski definition) is 1. The van der Waals surface area contributed by atoms with Crippen molar-refractivity contribution in [2.75, 3.05) is 11.9 Å². The van der Waals surface area contributed by atoms with E-state index in [1.54, 1.807) is 6.07 Å². The molecule has 5 heteroatoms. The molecule has 21 heavy (non-hydrogen) atoms. The zero-order chi connectivity index (χ0) is 15.4. The van der Waals surface area contributed by atoms with Crippen molar-refractivity contribution in [2.24, 2.45) is 0 Å². The lowest BCUT2D eigenvalue weighted by atomic mass is 10.1. The van der Waals surface area contributed by atoms with Gasteiger partial charge in [0.2, 0.25) is 0 Å². The van der Waals surface area contributed by atoms with Crippen LogP contribution in [0.2, 0.25) is 10.0 Å². The number of anilines is 1. The summed E-state index contributed by atoms with van der Waals surface area (Å²) < 4.78 is 0. The van der Waals surface area contributed by atoms with E-state index in [2.05, 4.69) is 22.2 Å². The van der Waals surface area contributed by atoms with Gasteiger partial charge in [0.05, 0.1) is 15.7 Å². The molecular formula is C16H19Cl2N3. The van der Waals surface area contributed by atoms with E-state index in [4.69, 9.17) is 23.2 Å². The molecule has 0 radical (unpaired) electrons. The molecule has 0 aliphatic rings. The lowest BCUT2D eigenvalue weighted by molar-refractivity contribution is 0.833. The van der Waals surface area contributed by atoms with Gasteiger partial charge in [-0.1, -0.05) is 42.3 Å². The summed E-state index contributed by atoms with van der Waals surface area (Å²) in [4.78, 5) is 9.27. The zero-order valence-electron chi connectivity index (χ0n) is 12.5. The molecule has 0 bridgehead atoms. The van der Waals surface area contributed by atoms with Crippen LogP contribution in [0.15, 0.2) is 18.2 Å². The summed E-state index contributed by atoms with van der Waals surface area (Å²) >= 11 is 12.5. The molecule has 0 aliphatic heterocycles. The lowest BCUT2D eigenvalue weighted by Gasteiger charge is -2.14. The van der Waals surface area contributed by atoms with Crippen molar-refractivity contribution < 1.29 is 0 Å². The largest absolute Gasteiger partial charge is 0.370 e. The van der Waals surface area contributed by atoms with Crippen LogP contribution in [0.5, 0.6) is 0 Å². The van der Waals surface area contributed by atoms with E-state index in [-0.39, 0.29) is 0 Å². The molecule has 0 atom stereocenters. The topological polar surface area (TPSA) is 37.8 Å². The van der Waals surface area contributed by atoms with Crippen molar-refractivity contribution in [1.29, 1.82) is 0 Å². The molecule has 0 unspecified atom stereocenters. The number of nitrogens with zero attached hydrogens (tertiary/aromatic N) is 2. The number of benzene rings is 1. The van der Waals surface area contributed by atoms with Gasteiger partial charge in [0, 0.05) is 24.1 Å². The van der Waals surface area contributed by atoms with E-state index < -0.39 is 0 Å². The van der Waals surface area contributed by atoms with E-state index in [1.807, 2.05) is 26.0 Å². The highest BCUT2D eigenvalue weighted by atomic mass is 35.5. The lowest BCUT2D eigenvalue weighted by Crippen LogP contribution is -2.08. The Morgan fingerprint density at radius 3 is 2.57 bits per heavy atom. The van der Waals surface area contributed by atoms with Crippen LogP contribution in [0.25, 0.3) is 11.3 Å². The number of hydrogen-bond acceptors (Lipinski definition) is 3. The molecule has 0 aliphatic carbocycles. The van der Waals surface area contributed by atoms with Gasteiger partial charge in [0.25, 0.3) is 0 Å². The van der Waals surface area contributed by atoms with E-state index in [9.17, 15) is 0 Å². The number of rotatable bonds is 5. The quantitative estimate of drug-likeness (QED) is 0.827. The predicted molar refractivity (Wildman–Crippen MR) is 90.4 cm³/mol. The van der Waals surface area contributed by atoms with Crippen LogP contribution in [0, 0.1) is 6.92 Å². The van der Waals surface area contributed by atoms with E-state index >= 15 is 0 Å². The maximum atomic E-state index is 6.35. The third-order valence-corrected chi connectivity index (χ3v) is 4.04. The maximum Gasteiger partial charge on any atom is 0.133 e. The first-order valence-electron chi connectivity index (χ1n) is 7.14. The minimum Gasteiger partial charge on any atom is -0.370 e.